The van der Waals surface area contributed by atoms with Gasteiger partial charge < -0.3 is 14.8 Å². The van der Waals surface area contributed by atoms with Crippen LogP contribution in [0, 0.1) is 0 Å². The number of benzene rings is 2. The molecule has 0 spiro atoms. The average molecular weight is 355 g/mol. The lowest BCUT2D eigenvalue weighted by Crippen LogP contribution is -2.13. The Morgan fingerprint density at radius 3 is 2.38 bits per heavy atom. The molecule has 0 fully saturated rings. The van der Waals surface area contributed by atoms with Gasteiger partial charge in [-0.05, 0) is 42.8 Å². The number of hydrogen-bond donors (Lipinski definition) is 1. The summed E-state index contributed by atoms with van der Waals surface area (Å²) in [5, 5.41) is 2.72. The highest BCUT2D eigenvalue weighted by Gasteiger charge is 2.13. The molecule has 2 aromatic carbocycles. The van der Waals surface area contributed by atoms with Gasteiger partial charge in [-0.25, -0.2) is 4.79 Å². The van der Waals surface area contributed by atoms with E-state index in [9.17, 15) is 9.59 Å². The SMILES string of the molecule is CCCCCOc1ccc(C(=O)Oc2ccccc2NC(=O)CC)cc1. The van der Waals surface area contributed by atoms with Gasteiger partial charge in [0.05, 0.1) is 17.9 Å². The first-order valence-corrected chi connectivity index (χ1v) is 8.98. The molecule has 1 amide bonds. The van der Waals surface area contributed by atoms with E-state index < -0.39 is 5.97 Å². The second-order valence-electron chi connectivity index (χ2n) is 5.87. The number of rotatable bonds is 9. The van der Waals surface area contributed by atoms with E-state index in [2.05, 4.69) is 12.2 Å². The van der Waals surface area contributed by atoms with E-state index in [0.29, 0.717) is 30.0 Å². The maximum absolute atomic E-state index is 12.4. The number of unbranched alkanes of at least 4 members (excludes halogenated alkanes) is 2. The number of hydrogen-bond acceptors (Lipinski definition) is 4. The summed E-state index contributed by atoms with van der Waals surface area (Å²) in [6.45, 7) is 4.57. The van der Waals surface area contributed by atoms with Gasteiger partial charge in [-0.3, -0.25) is 4.79 Å². The van der Waals surface area contributed by atoms with E-state index in [1.165, 1.54) is 0 Å². The largest absolute Gasteiger partial charge is 0.494 e. The Labute approximate surface area is 154 Å². The third kappa shape index (κ3) is 5.92. The minimum atomic E-state index is -0.485. The quantitative estimate of drug-likeness (QED) is 0.398. The van der Waals surface area contributed by atoms with Crippen LogP contribution >= 0.6 is 0 Å². The fraction of sp³-hybridized carbons (Fsp3) is 0.333. The summed E-state index contributed by atoms with van der Waals surface area (Å²) in [7, 11) is 0. The van der Waals surface area contributed by atoms with Crippen molar-refractivity contribution in [2.24, 2.45) is 0 Å². The molecule has 0 unspecified atom stereocenters. The first-order chi connectivity index (χ1) is 12.6. The van der Waals surface area contributed by atoms with Crippen LogP contribution in [0.4, 0.5) is 5.69 Å². The lowest BCUT2D eigenvalue weighted by Gasteiger charge is -2.11. The molecule has 2 rings (SSSR count). The van der Waals surface area contributed by atoms with Gasteiger partial charge in [-0.15, -0.1) is 0 Å². The van der Waals surface area contributed by atoms with Crippen LogP contribution in [-0.4, -0.2) is 18.5 Å². The van der Waals surface area contributed by atoms with Crippen LogP contribution in [-0.2, 0) is 4.79 Å². The molecular weight excluding hydrogens is 330 g/mol. The number of amides is 1. The van der Waals surface area contributed by atoms with E-state index in [1.54, 1.807) is 55.5 Å². The Balaban J connectivity index is 1.98. The Morgan fingerprint density at radius 1 is 0.962 bits per heavy atom. The minimum Gasteiger partial charge on any atom is -0.494 e. The fourth-order valence-corrected chi connectivity index (χ4v) is 2.29. The average Bonchev–Trinajstić information content (AvgIpc) is 2.67. The van der Waals surface area contributed by atoms with E-state index in [1.807, 2.05) is 0 Å². The van der Waals surface area contributed by atoms with Crippen molar-refractivity contribution >= 4 is 17.6 Å². The number of ether oxygens (including phenoxy) is 2. The summed E-state index contributed by atoms with van der Waals surface area (Å²) in [5.74, 6) is 0.422. The molecule has 0 aliphatic heterocycles. The second-order valence-corrected chi connectivity index (χ2v) is 5.87. The number of para-hydroxylation sites is 2. The predicted octanol–water partition coefficient (Wildman–Crippen LogP) is 4.82. The second kappa shape index (κ2) is 10.2. The normalized spacial score (nSPS) is 10.2. The van der Waals surface area contributed by atoms with Crippen LogP contribution in [0.3, 0.4) is 0 Å². The van der Waals surface area contributed by atoms with Crippen molar-refractivity contribution < 1.29 is 19.1 Å². The third-order valence-electron chi connectivity index (χ3n) is 3.79. The summed E-state index contributed by atoms with van der Waals surface area (Å²) in [4.78, 5) is 23.9. The standard InChI is InChI=1S/C21H25NO4/c1-3-5-8-15-25-17-13-11-16(12-14-17)21(24)26-19-10-7-6-9-18(19)22-20(23)4-2/h6-7,9-14H,3-5,8,15H2,1-2H3,(H,22,23). The Bertz CT molecular complexity index is 725. The molecule has 0 aliphatic carbocycles. The number of anilines is 1. The number of esters is 1. The van der Waals surface area contributed by atoms with Crippen LogP contribution in [0.1, 0.15) is 49.9 Å². The predicted molar refractivity (Wildman–Crippen MR) is 102 cm³/mol. The van der Waals surface area contributed by atoms with Crippen molar-refractivity contribution in [2.75, 3.05) is 11.9 Å². The molecule has 0 radical (unpaired) electrons. The highest BCUT2D eigenvalue weighted by molar-refractivity contribution is 5.95. The van der Waals surface area contributed by atoms with Crippen molar-refractivity contribution in [1.82, 2.24) is 0 Å². The lowest BCUT2D eigenvalue weighted by molar-refractivity contribution is -0.115. The molecule has 5 nitrogen and oxygen atoms in total. The van der Waals surface area contributed by atoms with Crippen LogP contribution in [0.5, 0.6) is 11.5 Å². The maximum Gasteiger partial charge on any atom is 0.343 e. The van der Waals surface area contributed by atoms with Crippen LogP contribution in [0.15, 0.2) is 48.5 Å². The zero-order valence-corrected chi connectivity index (χ0v) is 15.3. The molecule has 0 saturated heterocycles. The Hall–Kier alpha value is -2.82. The van der Waals surface area contributed by atoms with Gasteiger partial charge >= 0.3 is 5.97 Å². The van der Waals surface area contributed by atoms with Crippen molar-refractivity contribution in [3.8, 4) is 11.5 Å². The smallest absolute Gasteiger partial charge is 0.343 e. The summed E-state index contributed by atoms with van der Waals surface area (Å²) in [6.07, 6.45) is 3.65. The van der Waals surface area contributed by atoms with Crippen LogP contribution in [0.25, 0.3) is 0 Å². The highest BCUT2D eigenvalue weighted by atomic mass is 16.5. The minimum absolute atomic E-state index is 0.141. The van der Waals surface area contributed by atoms with Crippen molar-refractivity contribution in [2.45, 2.75) is 39.5 Å². The molecule has 2 aromatic rings. The van der Waals surface area contributed by atoms with E-state index in [-0.39, 0.29) is 5.91 Å². The summed E-state index contributed by atoms with van der Waals surface area (Å²) >= 11 is 0. The molecule has 0 aromatic heterocycles. The van der Waals surface area contributed by atoms with E-state index >= 15 is 0 Å². The third-order valence-corrected chi connectivity index (χ3v) is 3.79. The molecular formula is C21H25NO4. The van der Waals surface area contributed by atoms with Gasteiger partial charge in [0.1, 0.15) is 5.75 Å². The molecule has 138 valence electrons. The summed E-state index contributed by atoms with van der Waals surface area (Å²) < 4.78 is 11.1. The molecule has 0 heterocycles. The van der Waals surface area contributed by atoms with Gasteiger partial charge in [0.25, 0.3) is 0 Å². The van der Waals surface area contributed by atoms with E-state index in [0.717, 1.165) is 25.0 Å². The molecule has 26 heavy (non-hydrogen) atoms. The lowest BCUT2D eigenvalue weighted by atomic mass is 10.2. The van der Waals surface area contributed by atoms with Gasteiger partial charge in [0.2, 0.25) is 5.91 Å². The van der Waals surface area contributed by atoms with Crippen molar-refractivity contribution in [3.05, 3.63) is 54.1 Å². The summed E-state index contributed by atoms with van der Waals surface area (Å²) in [6, 6.07) is 13.7. The number of carbonyl (C=O) groups is 2. The number of carbonyl (C=O) groups excluding carboxylic acids is 2. The van der Waals surface area contributed by atoms with E-state index in [4.69, 9.17) is 9.47 Å². The monoisotopic (exact) mass is 355 g/mol. The van der Waals surface area contributed by atoms with Gasteiger partial charge in [-0.1, -0.05) is 38.8 Å². The molecule has 0 saturated carbocycles. The first-order valence-electron chi connectivity index (χ1n) is 8.98. The zero-order chi connectivity index (χ0) is 18.8. The zero-order valence-electron chi connectivity index (χ0n) is 15.3. The first kappa shape index (κ1) is 19.5. The van der Waals surface area contributed by atoms with Crippen LogP contribution < -0.4 is 14.8 Å². The van der Waals surface area contributed by atoms with Gasteiger partial charge in [0.15, 0.2) is 5.75 Å². The topological polar surface area (TPSA) is 64.6 Å². The van der Waals surface area contributed by atoms with Crippen molar-refractivity contribution in [3.63, 3.8) is 0 Å². The summed E-state index contributed by atoms with van der Waals surface area (Å²) in [5.41, 5.74) is 0.895. The molecule has 5 heteroatoms. The fourth-order valence-electron chi connectivity index (χ4n) is 2.29. The van der Waals surface area contributed by atoms with Gasteiger partial charge in [0, 0.05) is 6.42 Å². The highest BCUT2D eigenvalue weighted by Crippen LogP contribution is 2.25. The Kier molecular flexibility index (Phi) is 7.68. The number of nitrogens with one attached hydrogen (secondary N) is 1. The molecule has 0 bridgehead atoms. The molecule has 0 aliphatic rings. The van der Waals surface area contributed by atoms with Crippen LogP contribution in [0.2, 0.25) is 0 Å². The molecule has 0 atom stereocenters. The molecule has 1 N–H and O–H groups in total. The van der Waals surface area contributed by atoms with Gasteiger partial charge in [-0.2, -0.15) is 0 Å². The maximum atomic E-state index is 12.4. The van der Waals surface area contributed by atoms with Crippen molar-refractivity contribution in [1.29, 1.82) is 0 Å². The Morgan fingerprint density at radius 2 is 1.69 bits per heavy atom.